The standard InChI is InChI=1S/C26H39NO5/c1-9-10-18-13-19(15-21(14-18)30-8)16-22(23(28)31-25(2,3)4)20-11-12-27(17-20)24(29)32-26(5,6)7/h9,13-15,20,22H,1,10-12,16-17H2,2-8H3/t20-,22-/m0/s1. The van der Waals surface area contributed by atoms with E-state index in [0.29, 0.717) is 19.5 Å². The Balaban J connectivity index is 2.26. The van der Waals surface area contributed by atoms with Gasteiger partial charge in [-0.3, -0.25) is 4.79 Å². The summed E-state index contributed by atoms with van der Waals surface area (Å²) in [4.78, 5) is 27.5. The van der Waals surface area contributed by atoms with E-state index in [2.05, 4.69) is 12.6 Å². The Hall–Kier alpha value is -2.50. The summed E-state index contributed by atoms with van der Waals surface area (Å²) in [6, 6.07) is 6.03. The molecule has 0 aliphatic carbocycles. The third-order valence-electron chi connectivity index (χ3n) is 5.25. The highest BCUT2D eigenvalue weighted by molar-refractivity contribution is 5.74. The van der Waals surface area contributed by atoms with Crippen molar-refractivity contribution in [3.05, 3.63) is 42.0 Å². The summed E-state index contributed by atoms with van der Waals surface area (Å²) in [6.07, 6.45) is 3.48. The summed E-state index contributed by atoms with van der Waals surface area (Å²) >= 11 is 0. The van der Waals surface area contributed by atoms with Crippen molar-refractivity contribution in [1.29, 1.82) is 0 Å². The molecule has 1 saturated heterocycles. The van der Waals surface area contributed by atoms with Crippen LogP contribution in [0.4, 0.5) is 4.79 Å². The smallest absolute Gasteiger partial charge is 0.410 e. The van der Waals surface area contributed by atoms with E-state index < -0.39 is 11.2 Å². The molecule has 1 fully saturated rings. The Morgan fingerprint density at radius 3 is 2.28 bits per heavy atom. The van der Waals surface area contributed by atoms with Crippen LogP contribution in [-0.4, -0.2) is 48.4 Å². The fourth-order valence-electron chi connectivity index (χ4n) is 3.93. The van der Waals surface area contributed by atoms with Gasteiger partial charge in [-0.2, -0.15) is 0 Å². The fourth-order valence-corrected chi connectivity index (χ4v) is 3.93. The van der Waals surface area contributed by atoms with Gasteiger partial charge in [0.25, 0.3) is 0 Å². The van der Waals surface area contributed by atoms with Crippen molar-refractivity contribution in [3.8, 4) is 5.75 Å². The number of esters is 1. The quantitative estimate of drug-likeness (QED) is 0.427. The lowest BCUT2D eigenvalue weighted by Crippen LogP contribution is -2.38. The topological polar surface area (TPSA) is 65.1 Å². The average molecular weight is 446 g/mol. The van der Waals surface area contributed by atoms with Crippen molar-refractivity contribution < 1.29 is 23.8 Å². The number of methoxy groups -OCH3 is 1. The van der Waals surface area contributed by atoms with Crippen molar-refractivity contribution in [2.75, 3.05) is 20.2 Å². The average Bonchev–Trinajstić information content (AvgIpc) is 3.13. The van der Waals surface area contributed by atoms with Crippen LogP contribution in [0.5, 0.6) is 5.75 Å². The SMILES string of the molecule is C=CCc1cc(C[C@H](C(=O)OC(C)(C)C)[C@H]2CCN(C(=O)OC(C)(C)C)C2)cc(OC)c1. The lowest BCUT2D eigenvalue weighted by atomic mass is 9.85. The molecule has 0 aromatic heterocycles. The molecule has 2 rings (SSSR count). The predicted octanol–water partition coefficient (Wildman–Crippen LogP) is 5.18. The zero-order valence-corrected chi connectivity index (χ0v) is 20.7. The second-order valence-corrected chi connectivity index (χ2v) is 10.5. The van der Waals surface area contributed by atoms with Crippen molar-refractivity contribution in [3.63, 3.8) is 0 Å². The predicted molar refractivity (Wildman–Crippen MR) is 126 cm³/mol. The van der Waals surface area contributed by atoms with Crippen LogP contribution in [0.2, 0.25) is 0 Å². The van der Waals surface area contributed by atoms with E-state index in [1.807, 2.05) is 59.8 Å². The molecule has 0 unspecified atom stereocenters. The van der Waals surface area contributed by atoms with Gasteiger partial charge in [-0.1, -0.05) is 12.1 Å². The van der Waals surface area contributed by atoms with Gasteiger partial charge in [-0.05, 0) is 90.0 Å². The number of hydrogen-bond donors (Lipinski definition) is 0. The largest absolute Gasteiger partial charge is 0.497 e. The van der Waals surface area contributed by atoms with Crippen LogP contribution in [0.15, 0.2) is 30.9 Å². The third-order valence-corrected chi connectivity index (χ3v) is 5.25. The Labute approximate surface area is 192 Å². The fraction of sp³-hybridized carbons (Fsp3) is 0.615. The van der Waals surface area contributed by atoms with E-state index in [-0.39, 0.29) is 23.9 Å². The lowest BCUT2D eigenvalue weighted by Gasteiger charge is -2.28. The molecular weight excluding hydrogens is 406 g/mol. The first-order valence-electron chi connectivity index (χ1n) is 11.3. The molecule has 6 heteroatoms. The minimum Gasteiger partial charge on any atom is -0.497 e. The molecule has 1 aliphatic heterocycles. The second kappa shape index (κ2) is 10.4. The van der Waals surface area contributed by atoms with Crippen LogP contribution in [0.3, 0.4) is 0 Å². The molecule has 1 aliphatic rings. The van der Waals surface area contributed by atoms with Crippen LogP contribution in [0.25, 0.3) is 0 Å². The molecule has 178 valence electrons. The van der Waals surface area contributed by atoms with E-state index in [9.17, 15) is 9.59 Å². The van der Waals surface area contributed by atoms with Gasteiger partial charge in [-0.25, -0.2) is 4.79 Å². The van der Waals surface area contributed by atoms with Gasteiger partial charge in [0.15, 0.2) is 0 Å². The summed E-state index contributed by atoms with van der Waals surface area (Å²) in [5.41, 5.74) is 0.954. The number of allylic oxidation sites excluding steroid dienone is 1. The number of nitrogens with zero attached hydrogens (tertiary/aromatic N) is 1. The van der Waals surface area contributed by atoms with Crippen LogP contribution in [-0.2, 0) is 27.1 Å². The Bertz CT molecular complexity index is 818. The molecule has 0 N–H and O–H groups in total. The number of ether oxygens (including phenoxy) is 3. The number of carbonyl (C=O) groups excluding carboxylic acids is 2. The number of hydrogen-bond acceptors (Lipinski definition) is 5. The first-order valence-corrected chi connectivity index (χ1v) is 11.3. The van der Waals surface area contributed by atoms with Gasteiger partial charge in [0, 0.05) is 13.1 Å². The Morgan fingerprint density at radius 2 is 1.72 bits per heavy atom. The van der Waals surface area contributed by atoms with Gasteiger partial charge < -0.3 is 19.1 Å². The van der Waals surface area contributed by atoms with Crippen molar-refractivity contribution in [2.24, 2.45) is 11.8 Å². The molecule has 6 nitrogen and oxygen atoms in total. The molecule has 1 amide bonds. The molecule has 0 saturated carbocycles. The highest BCUT2D eigenvalue weighted by atomic mass is 16.6. The summed E-state index contributed by atoms with van der Waals surface area (Å²) in [6.45, 7) is 16.0. The molecule has 1 aromatic rings. The van der Waals surface area contributed by atoms with Gasteiger partial charge in [0.05, 0.1) is 13.0 Å². The maximum Gasteiger partial charge on any atom is 0.410 e. The number of rotatable bonds is 7. The highest BCUT2D eigenvalue weighted by Gasteiger charge is 2.39. The van der Waals surface area contributed by atoms with Crippen LogP contribution in [0, 0.1) is 11.8 Å². The summed E-state index contributed by atoms with van der Waals surface area (Å²) in [5, 5.41) is 0. The molecular formula is C26H39NO5. The minimum absolute atomic E-state index is 0.00794. The molecule has 1 heterocycles. The van der Waals surface area contributed by atoms with E-state index in [1.54, 1.807) is 12.0 Å². The summed E-state index contributed by atoms with van der Waals surface area (Å²) in [7, 11) is 1.64. The van der Waals surface area contributed by atoms with Crippen LogP contribution < -0.4 is 4.74 Å². The van der Waals surface area contributed by atoms with Crippen molar-refractivity contribution in [2.45, 2.75) is 72.0 Å². The molecule has 0 radical (unpaired) electrons. The van der Waals surface area contributed by atoms with E-state index in [4.69, 9.17) is 14.2 Å². The Morgan fingerprint density at radius 1 is 1.09 bits per heavy atom. The van der Waals surface area contributed by atoms with Crippen molar-refractivity contribution >= 4 is 12.1 Å². The van der Waals surface area contributed by atoms with Gasteiger partial charge in [0.1, 0.15) is 17.0 Å². The van der Waals surface area contributed by atoms with E-state index >= 15 is 0 Å². The first kappa shape index (κ1) is 25.8. The minimum atomic E-state index is -0.582. The zero-order valence-electron chi connectivity index (χ0n) is 20.7. The monoisotopic (exact) mass is 445 g/mol. The highest BCUT2D eigenvalue weighted by Crippen LogP contribution is 2.31. The number of benzene rings is 1. The maximum absolute atomic E-state index is 13.2. The normalized spacial score (nSPS) is 17.6. The number of amides is 1. The third kappa shape index (κ3) is 7.88. The van der Waals surface area contributed by atoms with E-state index in [0.717, 1.165) is 29.7 Å². The molecule has 32 heavy (non-hydrogen) atoms. The molecule has 0 bridgehead atoms. The van der Waals surface area contributed by atoms with Gasteiger partial charge >= 0.3 is 12.1 Å². The molecule has 1 aromatic carbocycles. The van der Waals surface area contributed by atoms with Crippen LogP contribution >= 0.6 is 0 Å². The number of carbonyl (C=O) groups is 2. The molecule has 0 spiro atoms. The molecule has 2 atom stereocenters. The lowest BCUT2D eigenvalue weighted by molar-refractivity contribution is -0.161. The second-order valence-electron chi connectivity index (χ2n) is 10.5. The first-order chi connectivity index (χ1) is 14.8. The number of likely N-dealkylation sites (tertiary alicyclic amines) is 1. The maximum atomic E-state index is 13.2. The summed E-state index contributed by atoms with van der Waals surface area (Å²) < 4.78 is 16.8. The van der Waals surface area contributed by atoms with Gasteiger partial charge in [0.2, 0.25) is 0 Å². The Kier molecular flexibility index (Phi) is 8.38. The zero-order chi connectivity index (χ0) is 24.1. The van der Waals surface area contributed by atoms with E-state index in [1.165, 1.54) is 0 Å². The summed E-state index contributed by atoms with van der Waals surface area (Å²) in [5.74, 6) is 0.141. The van der Waals surface area contributed by atoms with Crippen LogP contribution in [0.1, 0.15) is 59.1 Å². The van der Waals surface area contributed by atoms with Crippen molar-refractivity contribution in [1.82, 2.24) is 4.90 Å². The van der Waals surface area contributed by atoms with Gasteiger partial charge in [-0.15, -0.1) is 6.58 Å².